The van der Waals surface area contributed by atoms with E-state index in [-0.39, 0.29) is 10.8 Å². The van der Waals surface area contributed by atoms with Gasteiger partial charge in [-0.2, -0.15) is 5.10 Å². The summed E-state index contributed by atoms with van der Waals surface area (Å²) in [4.78, 5) is 17.1. The van der Waals surface area contributed by atoms with Crippen molar-refractivity contribution in [1.29, 1.82) is 0 Å². The molecule has 0 unspecified atom stereocenters. The van der Waals surface area contributed by atoms with Crippen molar-refractivity contribution >= 4 is 48.5 Å². The number of rotatable bonds is 6. The third kappa shape index (κ3) is 5.20. The minimum atomic E-state index is -3.30. The van der Waals surface area contributed by atoms with Gasteiger partial charge in [0.1, 0.15) is 0 Å². The monoisotopic (exact) mass is 480 g/mol. The number of hydrogen-bond acceptors (Lipinski definition) is 6. The zero-order chi connectivity index (χ0) is 23.8. The molecule has 4 aromatic rings. The Labute approximate surface area is 196 Å². The minimum Gasteiger partial charge on any atom is -0.298 e. The Kier molecular flexibility index (Phi) is 6.18. The average Bonchev–Trinajstić information content (AvgIpc) is 3.26. The zero-order valence-corrected chi connectivity index (χ0v) is 20.4. The molecular formula is C24H24N4O3S2. The van der Waals surface area contributed by atoms with Crippen LogP contribution in [0.4, 0.5) is 5.13 Å². The summed E-state index contributed by atoms with van der Waals surface area (Å²) >= 11 is 1.23. The fourth-order valence-electron chi connectivity index (χ4n) is 3.47. The molecule has 0 spiro atoms. The van der Waals surface area contributed by atoms with Crippen molar-refractivity contribution in [3.63, 3.8) is 0 Å². The average molecular weight is 481 g/mol. The van der Waals surface area contributed by atoms with Gasteiger partial charge >= 0.3 is 0 Å². The Balaban J connectivity index is 1.48. The predicted octanol–water partition coefficient (Wildman–Crippen LogP) is 4.52. The van der Waals surface area contributed by atoms with Gasteiger partial charge in [0.25, 0.3) is 0 Å². The second-order valence-electron chi connectivity index (χ2n) is 7.97. The smallest absolute Gasteiger partial charge is 0.250 e. The van der Waals surface area contributed by atoms with Crippen LogP contribution in [0.3, 0.4) is 0 Å². The van der Waals surface area contributed by atoms with Gasteiger partial charge in [0, 0.05) is 23.6 Å². The number of nitrogens with one attached hydrogen (secondary N) is 1. The quantitative estimate of drug-likeness (QED) is 0.410. The molecule has 0 fully saturated rings. The van der Waals surface area contributed by atoms with Crippen LogP contribution in [-0.4, -0.2) is 35.3 Å². The lowest BCUT2D eigenvalue weighted by Crippen LogP contribution is -2.07. The maximum atomic E-state index is 12.5. The third-order valence-electron chi connectivity index (χ3n) is 5.31. The maximum absolute atomic E-state index is 12.5. The molecule has 2 heterocycles. The summed E-state index contributed by atoms with van der Waals surface area (Å²) in [7, 11) is -3.30. The third-order valence-corrected chi connectivity index (χ3v) is 7.35. The molecule has 0 atom stereocenters. The highest BCUT2D eigenvalue weighted by Crippen LogP contribution is 2.28. The number of sulfone groups is 1. The number of hydrogen-bond donors (Lipinski definition) is 1. The van der Waals surface area contributed by atoms with Crippen LogP contribution in [0.15, 0.2) is 53.4 Å². The molecule has 0 bridgehead atoms. The molecule has 0 aliphatic carbocycles. The molecule has 2 aromatic carbocycles. The molecule has 0 radical (unpaired) electrons. The Hall–Kier alpha value is -3.30. The summed E-state index contributed by atoms with van der Waals surface area (Å²) in [6.07, 6.45) is 4.38. The molecule has 2 aromatic heterocycles. The van der Waals surface area contributed by atoms with Gasteiger partial charge in [-0.3, -0.25) is 14.8 Å². The fourth-order valence-corrected chi connectivity index (χ4v) is 5.10. The second kappa shape index (κ2) is 8.92. The fraction of sp³-hybridized carbons (Fsp3) is 0.208. The van der Waals surface area contributed by atoms with Crippen LogP contribution < -0.4 is 5.32 Å². The van der Waals surface area contributed by atoms with E-state index in [4.69, 9.17) is 0 Å². The van der Waals surface area contributed by atoms with Crippen molar-refractivity contribution in [2.75, 3.05) is 11.6 Å². The first-order chi connectivity index (χ1) is 15.6. The van der Waals surface area contributed by atoms with Crippen LogP contribution in [0, 0.1) is 20.8 Å². The second-order valence-corrected chi connectivity index (χ2v) is 11.0. The number of fused-ring (bicyclic) bond motifs is 1. The van der Waals surface area contributed by atoms with Crippen molar-refractivity contribution in [2.45, 2.75) is 32.2 Å². The van der Waals surface area contributed by atoms with Gasteiger partial charge in [-0.1, -0.05) is 41.2 Å². The van der Waals surface area contributed by atoms with Crippen molar-refractivity contribution in [1.82, 2.24) is 14.8 Å². The molecule has 0 aliphatic rings. The van der Waals surface area contributed by atoms with Gasteiger partial charge in [-0.15, -0.1) is 0 Å². The highest BCUT2D eigenvalue weighted by Gasteiger charge is 2.13. The van der Waals surface area contributed by atoms with E-state index in [9.17, 15) is 13.2 Å². The van der Waals surface area contributed by atoms with E-state index >= 15 is 0 Å². The highest BCUT2D eigenvalue weighted by atomic mass is 32.2. The molecule has 0 saturated carbocycles. The summed E-state index contributed by atoms with van der Waals surface area (Å²) in [6.45, 7) is 6.62. The number of aromatic nitrogens is 3. The molecule has 0 aliphatic heterocycles. The molecule has 7 nitrogen and oxygen atoms in total. The zero-order valence-electron chi connectivity index (χ0n) is 18.8. The Bertz CT molecular complexity index is 1480. The summed E-state index contributed by atoms with van der Waals surface area (Å²) in [6, 6.07) is 13.1. The number of thiazole rings is 1. The van der Waals surface area contributed by atoms with Crippen molar-refractivity contribution in [2.24, 2.45) is 0 Å². The largest absolute Gasteiger partial charge is 0.298 e. The number of aryl methyl sites for hydroxylation is 2. The van der Waals surface area contributed by atoms with Crippen molar-refractivity contribution < 1.29 is 13.2 Å². The number of amides is 1. The van der Waals surface area contributed by atoms with Crippen molar-refractivity contribution in [3.8, 4) is 0 Å². The Morgan fingerprint density at radius 2 is 1.85 bits per heavy atom. The van der Waals surface area contributed by atoms with Crippen LogP contribution in [0.2, 0.25) is 0 Å². The molecule has 170 valence electrons. The van der Waals surface area contributed by atoms with Crippen LogP contribution in [0.25, 0.3) is 16.3 Å². The first kappa shape index (κ1) is 22.9. The normalized spacial score (nSPS) is 12.0. The van der Waals surface area contributed by atoms with E-state index in [1.54, 1.807) is 18.2 Å². The number of anilines is 1. The number of nitrogens with zero attached hydrogens (tertiary/aromatic N) is 3. The summed E-state index contributed by atoms with van der Waals surface area (Å²) < 4.78 is 26.1. The molecule has 4 rings (SSSR count). The summed E-state index contributed by atoms with van der Waals surface area (Å²) in [5.41, 5.74) is 5.73. The number of benzene rings is 2. The van der Waals surface area contributed by atoms with Gasteiger partial charge in [0.2, 0.25) is 5.91 Å². The van der Waals surface area contributed by atoms with E-state index in [0.29, 0.717) is 21.9 Å². The molecule has 0 saturated heterocycles. The summed E-state index contributed by atoms with van der Waals surface area (Å²) in [5, 5.41) is 7.79. The lowest BCUT2D eigenvalue weighted by molar-refractivity contribution is -0.111. The standard InChI is InChI=1S/C24H24N4O3S2/c1-15-5-7-18(8-6-15)14-28-17(3)20(16(2)27-28)10-12-23(29)26-24-25-21-11-9-19(33(4,30)31)13-22(21)32-24/h5-13H,14H2,1-4H3,(H,25,26,29)/b12-10+. The van der Waals surface area contributed by atoms with Gasteiger partial charge in [-0.05, 0) is 50.6 Å². The Morgan fingerprint density at radius 3 is 2.55 bits per heavy atom. The van der Waals surface area contributed by atoms with Crippen LogP contribution >= 0.6 is 11.3 Å². The molecule has 1 amide bonds. The van der Waals surface area contributed by atoms with E-state index in [1.807, 2.05) is 18.5 Å². The predicted molar refractivity (Wildman–Crippen MR) is 132 cm³/mol. The SMILES string of the molecule is Cc1ccc(Cn2nc(C)c(/C=C/C(=O)Nc3nc4ccc(S(C)(=O)=O)cc4s3)c2C)cc1. The van der Waals surface area contributed by atoms with Gasteiger partial charge < -0.3 is 0 Å². The van der Waals surface area contributed by atoms with Gasteiger partial charge in [0.05, 0.1) is 27.4 Å². The molecule has 9 heteroatoms. The lowest BCUT2D eigenvalue weighted by atomic mass is 10.1. The van der Waals surface area contributed by atoms with Crippen LogP contribution in [0.5, 0.6) is 0 Å². The first-order valence-corrected chi connectivity index (χ1v) is 13.0. The minimum absolute atomic E-state index is 0.227. The maximum Gasteiger partial charge on any atom is 0.250 e. The molecular weight excluding hydrogens is 456 g/mol. The highest BCUT2D eigenvalue weighted by molar-refractivity contribution is 7.90. The Morgan fingerprint density at radius 1 is 1.12 bits per heavy atom. The molecule has 33 heavy (non-hydrogen) atoms. The van der Waals surface area contributed by atoms with Gasteiger partial charge in [0.15, 0.2) is 15.0 Å². The van der Waals surface area contributed by atoms with E-state index < -0.39 is 9.84 Å². The lowest BCUT2D eigenvalue weighted by Gasteiger charge is -2.05. The number of carbonyl (C=O) groups is 1. The first-order valence-electron chi connectivity index (χ1n) is 10.3. The van der Waals surface area contributed by atoms with Crippen molar-refractivity contribution in [3.05, 3.63) is 76.6 Å². The van der Waals surface area contributed by atoms with Crippen LogP contribution in [-0.2, 0) is 21.2 Å². The molecule has 1 N–H and O–H groups in total. The topological polar surface area (TPSA) is 93.9 Å². The number of carbonyl (C=O) groups excluding carboxylic acids is 1. The van der Waals surface area contributed by atoms with E-state index in [0.717, 1.165) is 28.8 Å². The van der Waals surface area contributed by atoms with E-state index in [2.05, 4.69) is 46.6 Å². The summed E-state index contributed by atoms with van der Waals surface area (Å²) in [5.74, 6) is -0.317. The van der Waals surface area contributed by atoms with E-state index in [1.165, 1.54) is 29.0 Å². The van der Waals surface area contributed by atoms with Gasteiger partial charge in [-0.25, -0.2) is 13.4 Å². The van der Waals surface area contributed by atoms with Crippen LogP contribution in [0.1, 0.15) is 28.1 Å².